The Morgan fingerprint density at radius 3 is 2.79 bits per heavy atom. The van der Waals surface area contributed by atoms with Gasteiger partial charge in [-0.25, -0.2) is 0 Å². The number of aryl methyl sites for hydroxylation is 1. The fourth-order valence-electron chi connectivity index (χ4n) is 2.35. The van der Waals surface area contributed by atoms with Gasteiger partial charge in [0.25, 0.3) is 0 Å². The van der Waals surface area contributed by atoms with Crippen LogP contribution in [0, 0.1) is 6.92 Å². The van der Waals surface area contributed by atoms with Crippen LogP contribution in [-0.2, 0) is 12.8 Å². The molecule has 0 aromatic carbocycles. The third-order valence-electron chi connectivity index (χ3n) is 3.61. The minimum absolute atomic E-state index is 0.614. The second-order valence-electron chi connectivity index (χ2n) is 5.20. The van der Waals surface area contributed by atoms with Crippen molar-refractivity contribution in [1.82, 2.24) is 19.9 Å². The monoisotopic (exact) mass is 342 g/mol. The van der Waals surface area contributed by atoms with Gasteiger partial charge in [0.2, 0.25) is 5.76 Å². The van der Waals surface area contributed by atoms with Crippen LogP contribution in [0.5, 0.6) is 0 Å². The molecule has 0 fully saturated rings. The maximum Gasteiger partial charge on any atom is 0.202 e. The van der Waals surface area contributed by atoms with E-state index in [4.69, 9.17) is 13.4 Å². The minimum Gasteiger partial charge on any atom is -0.469 e. The molecule has 8 heteroatoms. The van der Waals surface area contributed by atoms with Crippen LogP contribution in [0.25, 0.3) is 22.9 Å². The second kappa shape index (κ2) is 6.04. The van der Waals surface area contributed by atoms with Crippen LogP contribution in [0.3, 0.4) is 0 Å². The molecule has 0 unspecified atom stereocenters. The van der Waals surface area contributed by atoms with Gasteiger partial charge in [0.15, 0.2) is 16.7 Å². The first-order valence-electron chi connectivity index (χ1n) is 7.28. The molecule has 0 spiro atoms. The SMILES string of the molecule is Cc1occc1-c1nnc(SCc2cc(-c3ccco3)on2)n1C. The van der Waals surface area contributed by atoms with E-state index in [1.54, 1.807) is 24.3 Å². The van der Waals surface area contributed by atoms with Crippen molar-refractivity contribution in [3.63, 3.8) is 0 Å². The zero-order valence-corrected chi connectivity index (χ0v) is 13.9. The lowest BCUT2D eigenvalue weighted by molar-refractivity contribution is 0.413. The van der Waals surface area contributed by atoms with Crippen LogP contribution >= 0.6 is 11.8 Å². The van der Waals surface area contributed by atoms with E-state index in [9.17, 15) is 0 Å². The first-order chi connectivity index (χ1) is 11.7. The molecule has 0 amide bonds. The molecule has 4 aromatic rings. The van der Waals surface area contributed by atoms with Crippen molar-refractivity contribution in [1.29, 1.82) is 0 Å². The summed E-state index contributed by atoms with van der Waals surface area (Å²) in [6.07, 6.45) is 3.25. The average Bonchev–Trinajstić information content (AvgIpc) is 3.33. The zero-order valence-electron chi connectivity index (χ0n) is 13.1. The molecule has 4 aromatic heterocycles. The van der Waals surface area contributed by atoms with E-state index < -0.39 is 0 Å². The van der Waals surface area contributed by atoms with E-state index in [0.717, 1.165) is 28.0 Å². The van der Waals surface area contributed by atoms with E-state index in [0.29, 0.717) is 17.3 Å². The molecule has 0 aliphatic rings. The Morgan fingerprint density at radius 1 is 1.12 bits per heavy atom. The van der Waals surface area contributed by atoms with E-state index in [1.165, 1.54) is 0 Å². The lowest BCUT2D eigenvalue weighted by Gasteiger charge is -2.01. The van der Waals surface area contributed by atoms with E-state index >= 15 is 0 Å². The number of hydrogen-bond acceptors (Lipinski definition) is 7. The Bertz CT molecular complexity index is 952. The number of rotatable bonds is 5. The molecule has 7 nitrogen and oxygen atoms in total. The van der Waals surface area contributed by atoms with Gasteiger partial charge >= 0.3 is 0 Å². The van der Waals surface area contributed by atoms with Gasteiger partial charge in [-0.1, -0.05) is 16.9 Å². The number of furan rings is 2. The first kappa shape index (κ1) is 14.8. The molecule has 0 aliphatic heterocycles. The number of thioether (sulfide) groups is 1. The van der Waals surface area contributed by atoms with Crippen molar-refractivity contribution >= 4 is 11.8 Å². The van der Waals surface area contributed by atoms with Gasteiger partial charge in [-0.05, 0) is 25.1 Å². The molecule has 0 atom stereocenters. The summed E-state index contributed by atoms with van der Waals surface area (Å²) in [4.78, 5) is 0. The quantitative estimate of drug-likeness (QED) is 0.508. The molecule has 0 radical (unpaired) electrons. The summed E-state index contributed by atoms with van der Waals surface area (Å²) in [5.41, 5.74) is 1.76. The van der Waals surface area contributed by atoms with Crippen LogP contribution in [0.4, 0.5) is 0 Å². The number of nitrogens with zero attached hydrogens (tertiary/aromatic N) is 4. The Labute approximate surface area is 141 Å². The predicted octanol–water partition coefficient (Wildman–Crippen LogP) is 3.92. The molecule has 0 aliphatic carbocycles. The van der Waals surface area contributed by atoms with Crippen LogP contribution in [0.15, 0.2) is 55.3 Å². The van der Waals surface area contributed by atoms with E-state index in [1.807, 2.05) is 42.8 Å². The highest BCUT2D eigenvalue weighted by atomic mass is 32.2. The molecule has 0 saturated carbocycles. The molecule has 0 N–H and O–H groups in total. The van der Waals surface area contributed by atoms with E-state index in [-0.39, 0.29) is 0 Å². The van der Waals surface area contributed by atoms with Crippen LogP contribution < -0.4 is 0 Å². The van der Waals surface area contributed by atoms with Gasteiger partial charge in [-0.2, -0.15) is 0 Å². The largest absolute Gasteiger partial charge is 0.469 e. The zero-order chi connectivity index (χ0) is 16.5. The maximum atomic E-state index is 5.33. The topological polar surface area (TPSA) is 83.0 Å². The summed E-state index contributed by atoms with van der Waals surface area (Å²) in [5, 5.41) is 13.4. The fraction of sp³-hybridized carbons (Fsp3) is 0.188. The molecular weight excluding hydrogens is 328 g/mol. The summed E-state index contributed by atoms with van der Waals surface area (Å²) in [5.74, 6) is 3.50. The Balaban J connectivity index is 1.49. The average molecular weight is 342 g/mol. The molecule has 24 heavy (non-hydrogen) atoms. The van der Waals surface area contributed by atoms with Gasteiger partial charge in [-0.15, -0.1) is 10.2 Å². The van der Waals surface area contributed by atoms with Crippen molar-refractivity contribution in [3.8, 4) is 22.9 Å². The lowest BCUT2D eigenvalue weighted by Crippen LogP contribution is -1.95. The highest BCUT2D eigenvalue weighted by molar-refractivity contribution is 7.98. The van der Waals surface area contributed by atoms with Crippen molar-refractivity contribution in [3.05, 3.63) is 48.2 Å². The number of hydrogen-bond donors (Lipinski definition) is 0. The van der Waals surface area contributed by atoms with Gasteiger partial charge < -0.3 is 17.9 Å². The maximum absolute atomic E-state index is 5.33. The standard InChI is InChI=1S/C16H14N4O3S/c1-10-12(5-7-21-10)15-17-18-16(20(15)2)24-9-11-8-14(23-19-11)13-4-3-6-22-13/h3-8H,9H2,1-2H3. The smallest absolute Gasteiger partial charge is 0.202 e. The Kier molecular flexibility index (Phi) is 3.73. The first-order valence-corrected chi connectivity index (χ1v) is 8.27. The minimum atomic E-state index is 0.614. The lowest BCUT2D eigenvalue weighted by atomic mass is 10.2. The summed E-state index contributed by atoms with van der Waals surface area (Å²) >= 11 is 1.54. The Hall–Kier alpha value is -2.74. The third kappa shape index (κ3) is 2.65. The van der Waals surface area contributed by atoms with Gasteiger partial charge in [0, 0.05) is 18.9 Å². The summed E-state index contributed by atoms with van der Waals surface area (Å²) in [6.45, 7) is 1.91. The van der Waals surface area contributed by atoms with Crippen LogP contribution in [-0.4, -0.2) is 19.9 Å². The predicted molar refractivity (Wildman–Crippen MR) is 87.2 cm³/mol. The molecule has 0 bridgehead atoms. The van der Waals surface area contributed by atoms with Crippen LogP contribution in [0.1, 0.15) is 11.5 Å². The summed E-state index contributed by atoms with van der Waals surface area (Å²) in [7, 11) is 1.93. The van der Waals surface area contributed by atoms with Crippen molar-refractivity contribution in [2.45, 2.75) is 17.8 Å². The molecule has 0 saturated heterocycles. The number of aromatic nitrogens is 4. The van der Waals surface area contributed by atoms with Crippen LogP contribution in [0.2, 0.25) is 0 Å². The van der Waals surface area contributed by atoms with E-state index in [2.05, 4.69) is 15.4 Å². The molecule has 4 heterocycles. The normalized spacial score (nSPS) is 11.2. The van der Waals surface area contributed by atoms with Gasteiger partial charge in [0.1, 0.15) is 5.76 Å². The van der Waals surface area contributed by atoms with Crippen molar-refractivity contribution in [2.75, 3.05) is 0 Å². The summed E-state index contributed by atoms with van der Waals surface area (Å²) < 4.78 is 17.9. The second-order valence-corrected chi connectivity index (χ2v) is 6.15. The Morgan fingerprint density at radius 2 is 2.04 bits per heavy atom. The molecular formula is C16H14N4O3S. The van der Waals surface area contributed by atoms with Crippen molar-refractivity contribution < 1.29 is 13.4 Å². The molecule has 4 rings (SSSR count). The van der Waals surface area contributed by atoms with Crippen molar-refractivity contribution in [2.24, 2.45) is 7.05 Å². The summed E-state index contributed by atoms with van der Waals surface area (Å²) in [6, 6.07) is 7.40. The third-order valence-corrected chi connectivity index (χ3v) is 4.66. The van der Waals surface area contributed by atoms with Gasteiger partial charge in [0.05, 0.1) is 23.8 Å². The highest BCUT2D eigenvalue weighted by Crippen LogP contribution is 2.28. The fourth-order valence-corrected chi connectivity index (χ4v) is 3.14. The van der Waals surface area contributed by atoms with Gasteiger partial charge in [-0.3, -0.25) is 0 Å². The highest BCUT2D eigenvalue weighted by Gasteiger charge is 2.16. The molecule has 122 valence electrons.